The van der Waals surface area contributed by atoms with E-state index in [1.165, 1.54) is 48.5 Å². The monoisotopic (exact) mass is 436 g/mol. The van der Waals surface area contributed by atoms with Gasteiger partial charge in [0.05, 0.1) is 11.1 Å². The van der Waals surface area contributed by atoms with Crippen LogP contribution in [0.25, 0.3) is 0 Å². The summed E-state index contributed by atoms with van der Waals surface area (Å²) in [4.78, 5) is 25.0. The fourth-order valence-corrected chi connectivity index (χ4v) is 3.91. The molecule has 0 N–H and O–H groups in total. The highest BCUT2D eigenvalue weighted by Crippen LogP contribution is 2.39. The Hall–Kier alpha value is -3.54. The molecular weight excluding hydrogens is 414 g/mol. The minimum atomic E-state index is -0.601. The fraction of sp³-hybridized carbons (Fsp3) is 0.231. The summed E-state index contributed by atoms with van der Waals surface area (Å²) in [5.74, 6) is -1.17. The van der Waals surface area contributed by atoms with Crippen LogP contribution >= 0.6 is 0 Å². The molecule has 0 aliphatic heterocycles. The Morgan fingerprint density at radius 1 is 0.688 bits per heavy atom. The van der Waals surface area contributed by atoms with Crippen LogP contribution in [0, 0.1) is 11.6 Å². The minimum Gasteiger partial charge on any atom is -0.423 e. The van der Waals surface area contributed by atoms with Crippen LogP contribution in [0.4, 0.5) is 8.78 Å². The second-order valence-electron chi connectivity index (χ2n) is 7.83. The zero-order valence-corrected chi connectivity index (χ0v) is 17.4. The molecule has 0 saturated heterocycles. The minimum absolute atomic E-state index is 0.171. The van der Waals surface area contributed by atoms with Gasteiger partial charge in [-0.15, -0.1) is 0 Å². The Balaban J connectivity index is 1.58. The van der Waals surface area contributed by atoms with E-state index in [1.54, 1.807) is 18.2 Å². The van der Waals surface area contributed by atoms with Gasteiger partial charge in [-0.05, 0) is 85.5 Å². The third-order valence-corrected chi connectivity index (χ3v) is 5.60. The molecule has 3 aromatic carbocycles. The van der Waals surface area contributed by atoms with Crippen molar-refractivity contribution < 1.29 is 27.8 Å². The number of hydrogen-bond acceptors (Lipinski definition) is 4. The topological polar surface area (TPSA) is 52.6 Å². The Bertz CT molecular complexity index is 1100. The van der Waals surface area contributed by atoms with E-state index in [0.717, 1.165) is 37.7 Å². The van der Waals surface area contributed by atoms with Crippen LogP contribution < -0.4 is 9.47 Å². The SMILES string of the molecule is O=C(Oc1ccc(OC(=O)c2ccc(F)cc2)c(C2CCCCC2)c1)c1ccc(F)cc1. The van der Waals surface area contributed by atoms with Crippen molar-refractivity contribution in [3.8, 4) is 11.5 Å². The van der Waals surface area contributed by atoms with Crippen molar-refractivity contribution in [2.24, 2.45) is 0 Å². The van der Waals surface area contributed by atoms with Crippen LogP contribution in [0.3, 0.4) is 0 Å². The van der Waals surface area contributed by atoms with Crippen LogP contribution in [-0.4, -0.2) is 11.9 Å². The number of hydrogen-bond donors (Lipinski definition) is 0. The maximum Gasteiger partial charge on any atom is 0.343 e. The van der Waals surface area contributed by atoms with Gasteiger partial charge < -0.3 is 9.47 Å². The number of rotatable bonds is 5. The van der Waals surface area contributed by atoms with Gasteiger partial charge in [0.15, 0.2) is 0 Å². The summed E-state index contributed by atoms with van der Waals surface area (Å²) in [6, 6.07) is 15.2. The van der Waals surface area contributed by atoms with Crippen molar-refractivity contribution in [3.05, 3.63) is 95.1 Å². The van der Waals surface area contributed by atoms with Crippen LogP contribution in [-0.2, 0) is 0 Å². The molecule has 1 aliphatic rings. The molecule has 0 amide bonds. The predicted molar refractivity (Wildman–Crippen MR) is 115 cm³/mol. The molecule has 0 aromatic heterocycles. The lowest BCUT2D eigenvalue weighted by atomic mass is 9.83. The molecule has 0 heterocycles. The number of carbonyl (C=O) groups excluding carboxylic acids is 2. The van der Waals surface area contributed by atoms with Crippen molar-refractivity contribution in [3.63, 3.8) is 0 Å². The molecule has 164 valence electrons. The van der Waals surface area contributed by atoms with E-state index in [-0.39, 0.29) is 17.0 Å². The third kappa shape index (κ3) is 5.19. The number of ether oxygens (including phenoxy) is 2. The third-order valence-electron chi connectivity index (χ3n) is 5.60. The molecule has 0 unspecified atom stereocenters. The van der Waals surface area contributed by atoms with Gasteiger partial charge in [-0.2, -0.15) is 0 Å². The Morgan fingerprint density at radius 3 is 1.78 bits per heavy atom. The van der Waals surface area contributed by atoms with E-state index in [0.29, 0.717) is 11.5 Å². The van der Waals surface area contributed by atoms with Crippen molar-refractivity contribution in [2.75, 3.05) is 0 Å². The van der Waals surface area contributed by atoms with Gasteiger partial charge in [0.1, 0.15) is 23.1 Å². The summed E-state index contributed by atoms with van der Waals surface area (Å²) in [5, 5.41) is 0. The Labute approximate surface area is 184 Å². The molecule has 0 radical (unpaired) electrons. The highest BCUT2D eigenvalue weighted by Gasteiger charge is 2.23. The average molecular weight is 436 g/mol. The van der Waals surface area contributed by atoms with Gasteiger partial charge in [0.2, 0.25) is 0 Å². The van der Waals surface area contributed by atoms with Crippen LogP contribution in [0.1, 0.15) is 64.3 Å². The number of carbonyl (C=O) groups is 2. The van der Waals surface area contributed by atoms with Gasteiger partial charge in [-0.25, -0.2) is 18.4 Å². The molecule has 3 aromatic rings. The summed E-state index contributed by atoms with van der Waals surface area (Å²) in [6.45, 7) is 0. The first-order chi connectivity index (χ1) is 15.5. The van der Waals surface area contributed by atoms with Gasteiger partial charge in [-0.3, -0.25) is 0 Å². The summed E-state index contributed by atoms with van der Waals surface area (Å²) < 4.78 is 37.4. The normalized spacial score (nSPS) is 14.1. The number of benzene rings is 3. The lowest BCUT2D eigenvalue weighted by Crippen LogP contribution is -2.13. The molecule has 1 saturated carbocycles. The second-order valence-corrected chi connectivity index (χ2v) is 7.83. The first-order valence-corrected chi connectivity index (χ1v) is 10.6. The molecular formula is C26H22F2O4. The quantitative estimate of drug-likeness (QED) is 0.341. The number of esters is 2. The van der Waals surface area contributed by atoms with Crippen molar-refractivity contribution in [1.29, 1.82) is 0 Å². The van der Waals surface area contributed by atoms with E-state index in [4.69, 9.17) is 9.47 Å². The molecule has 1 fully saturated rings. The Morgan fingerprint density at radius 2 is 1.22 bits per heavy atom. The van der Waals surface area contributed by atoms with Crippen molar-refractivity contribution in [1.82, 2.24) is 0 Å². The van der Waals surface area contributed by atoms with Gasteiger partial charge in [0.25, 0.3) is 0 Å². The zero-order valence-electron chi connectivity index (χ0n) is 17.4. The summed E-state index contributed by atoms with van der Waals surface area (Å²) in [6.07, 6.45) is 5.17. The largest absolute Gasteiger partial charge is 0.423 e. The fourth-order valence-electron chi connectivity index (χ4n) is 3.91. The summed E-state index contributed by atoms with van der Waals surface area (Å²) >= 11 is 0. The maximum atomic E-state index is 13.2. The smallest absolute Gasteiger partial charge is 0.343 e. The van der Waals surface area contributed by atoms with E-state index in [1.807, 2.05) is 0 Å². The molecule has 1 aliphatic carbocycles. The maximum absolute atomic E-state index is 13.2. The van der Waals surface area contributed by atoms with Crippen molar-refractivity contribution >= 4 is 11.9 Å². The van der Waals surface area contributed by atoms with E-state index >= 15 is 0 Å². The molecule has 32 heavy (non-hydrogen) atoms. The van der Waals surface area contributed by atoms with Gasteiger partial charge >= 0.3 is 11.9 Å². The molecule has 4 rings (SSSR count). The molecule has 6 heteroatoms. The first-order valence-electron chi connectivity index (χ1n) is 10.6. The van der Waals surface area contributed by atoms with E-state index < -0.39 is 23.6 Å². The Kier molecular flexibility index (Phi) is 6.59. The van der Waals surface area contributed by atoms with Gasteiger partial charge in [0, 0.05) is 5.56 Å². The highest BCUT2D eigenvalue weighted by atomic mass is 19.1. The van der Waals surface area contributed by atoms with Crippen LogP contribution in [0.2, 0.25) is 0 Å². The molecule has 0 spiro atoms. The number of halogens is 2. The molecule has 0 bridgehead atoms. The summed E-state index contributed by atoms with van der Waals surface area (Å²) in [7, 11) is 0. The standard InChI is InChI=1S/C26H22F2O4/c27-20-10-6-18(7-11-20)25(29)31-22-14-15-24(23(16-22)17-4-2-1-3-5-17)32-26(30)19-8-12-21(28)13-9-19/h6-17H,1-5H2. The predicted octanol–water partition coefficient (Wildman–Crippen LogP) is 6.45. The average Bonchev–Trinajstić information content (AvgIpc) is 2.81. The zero-order chi connectivity index (χ0) is 22.5. The summed E-state index contributed by atoms with van der Waals surface area (Å²) in [5.41, 5.74) is 1.27. The molecule has 0 atom stereocenters. The van der Waals surface area contributed by atoms with Crippen LogP contribution in [0.15, 0.2) is 66.7 Å². The van der Waals surface area contributed by atoms with Crippen molar-refractivity contribution in [2.45, 2.75) is 38.0 Å². The van der Waals surface area contributed by atoms with Gasteiger partial charge in [-0.1, -0.05) is 19.3 Å². The van der Waals surface area contributed by atoms with E-state index in [2.05, 4.69) is 0 Å². The first kappa shape index (κ1) is 21.7. The highest BCUT2D eigenvalue weighted by molar-refractivity contribution is 5.92. The van der Waals surface area contributed by atoms with Crippen LogP contribution in [0.5, 0.6) is 11.5 Å². The molecule has 4 nitrogen and oxygen atoms in total. The lowest BCUT2D eigenvalue weighted by Gasteiger charge is -2.24. The second kappa shape index (κ2) is 9.73. The van der Waals surface area contributed by atoms with E-state index in [9.17, 15) is 18.4 Å². The lowest BCUT2D eigenvalue weighted by molar-refractivity contribution is 0.0717.